The molecule has 6 nitrogen and oxygen atoms in total. The van der Waals surface area contributed by atoms with Crippen molar-refractivity contribution in [2.24, 2.45) is 5.84 Å². The van der Waals surface area contributed by atoms with Crippen LogP contribution in [-0.2, 0) is 6.42 Å². The molecule has 0 heterocycles. The Kier molecular flexibility index (Phi) is 4.73. The van der Waals surface area contributed by atoms with E-state index >= 15 is 0 Å². The number of aryl methyl sites for hydroxylation is 1. The molecule has 0 aliphatic heterocycles. The van der Waals surface area contributed by atoms with Gasteiger partial charge in [0.25, 0.3) is 5.69 Å². The number of rotatable bonds is 6. The number of nitrogens with two attached hydrogens (primary N) is 1. The first-order valence-corrected chi connectivity index (χ1v) is 6.65. The number of nitrogen functional groups attached to an aromatic ring is 1. The van der Waals surface area contributed by atoms with E-state index in [4.69, 9.17) is 10.6 Å². The molecule has 2 aromatic carbocycles. The zero-order valence-electron chi connectivity index (χ0n) is 11.7. The van der Waals surface area contributed by atoms with Gasteiger partial charge in [-0.25, -0.2) is 0 Å². The van der Waals surface area contributed by atoms with Gasteiger partial charge in [0.1, 0.15) is 11.5 Å². The number of hydrazine groups is 1. The molecule has 0 spiro atoms. The third-order valence-corrected chi connectivity index (χ3v) is 2.97. The number of benzene rings is 2. The monoisotopic (exact) mass is 287 g/mol. The number of hydrogen-bond acceptors (Lipinski definition) is 5. The molecule has 110 valence electrons. The lowest BCUT2D eigenvalue weighted by Crippen LogP contribution is -2.07. The minimum atomic E-state index is -0.488. The van der Waals surface area contributed by atoms with Crippen molar-refractivity contribution in [3.63, 3.8) is 0 Å². The number of nitrogens with zero attached hydrogens (tertiary/aromatic N) is 1. The van der Waals surface area contributed by atoms with Gasteiger partial charge in [0.05, 0.1) is 16.7 Å². The number of non-ortho nitro benzene ring substituents is 1. The van der Waals surface area contributed by atoms with E-state index in [9.17, 15) is 10.1 Å². The van der Waals surface area contributed by atoms with Crippen LogP contribution in [0, 0.1) is 10.1 Å². The molecule has 21 heavy (non-hydrogen) atoms. The van der Waals surface area contributed by atoms with Gasteiger partial charge in [-0.2, -0.15) is 0 Å². The Morgan fingerprint density at radius 1 is 1.19 bits per heavy atom. The van der Waals surface area contributed by atoms with Crippen LogP contribution in [0.3, 0.4) is 0 Å². The minimum absolute atomic E-state index is 0.0805. The van der Waals surface area contributed by atoms with Crippen LogP contribution in [-0.4, -0.2) is 4.92 Å². The average Bonchev–Trinajstić information content (AvgIpc) is 2.49. The minimum Gasteiger partial charge on any atom is -0.457 e. The van der Waals surface area contributed by atoms with E-state index in [0.717, 1.165) is 12.8 Å². The summed E-state index contributed by atoms with van der Waals surface area (Å²) in [6, 6.07) is 12.0. The van der Waals surface area contributed by atoms with Crippen LogP contribution in [0.25, 0.3) is 0 Å². The molecule has 0 atom stereocenters. The van der Waals surface area contributed by atoms with E-state index in [1.165, 1.54) is 17.7 Å². The highest BCUT2D eigenvalue weighted by Gasteiger charge is 2.10. The van der Waals surface area contributed by atoms with Crippen LogP contribution in [0.15, 0.2) is 42.5 Å². The van der Waals surface area contributed by atoms with Gasteiger partial charge in [-0.05, 0) is 24.1 Å². The molecule has 2 rings (SSSR count). The lowest BCUT2D eigenvalue weighted by atomic mass is 10.1. The van der Waals surface area contributed by atoms with Crippen LogP contribution < -0.4 is 16.0 Å². The molecule has 0 unspecified atom stereocenters. The summed E-state index contributed by atoms with van der Waals surface area (Å²) in [7, 11) is 0. The highest BCUT2D eigenvalue weighted by atomic mass is 16.6. The number of ether oxygens (including phenoxy) is 1. The number of nitro groups is 1. The van der Waals surface area contributed by atoms with Gasteiger partial charge in [-0.3, -0.25) is 16.0 Å². The van der Waals surface area contributed by atoms with E-state index < -0.39 is 4.92 Å². The first-order chi connectivity index (χ1) is 10.1. The largest absolute Gasteiger partial charge is 0.457 e. The van der Waals surface area contributed by atoms with Crippen molar-refractivity contribution >= 4 is 11.4 Å². The molecule has 0 radical (unpaired) electrons. The van der Waals surface area contributed by atoms with Crippen LogP contribution in [0.1, 0.15) is 18.9 Å². The van der Waals surface area contributed by atoms with E-state index in [2.05, 4.69) is 12.3 Å². The van der Waals surface area contributed by atoms with Crippen LogP contribution in [0.5, 0.6) is 11.5 Å². The van der Waals surface area contributed by atoms with Gasteiger partial charge in [-0.1, -0.05) is 25.5 Å². The Labute approximate surface area is 122 Å². The quantitative estimate of drug-likeness (QED) is 0.481. The van der Waals surface area contributed by atoms with E-state index in [0.29, 0.717) is 17.2 Å². The fourth-order valence-corrected chi connectivity index (χ4v) is 1.98. The van der Waals surface area contributed by atoms with Crippen LogP contribution >= 0.6 is 0 Å². The maximum atomic E-state index is 10.9. The summed E-state index contributed by atoms with van der Waals surface area (Å²) >= 11 is 0. The molecule has 3 N–H and O–H groups in total. The molecule has 2 aromatic rings. The van der Waals surface area contributed by atoms with Crippen LogP contribution in [0.4, 0.5) is 11.4 Å². The third-order valence-electron chi connectivity index (χ3n) is 2.97. The SMILES string of the molecule is CCCc1ccc(Oc2cc(NN)cc([N+](=O)[O-])c2)cc1. The van der Waals surface area contributed by atoms with Crippen molar-refractivity contribution < 1.29 is 9.66 Å². The molecule has 0 aromatic heterocycles. The first-order valence-electron chi connectivity index (χ1n) is 6.65. The Balaban J connectivity index is 2.21. The fourth-order valence-electron chi connectivity index (χ4n) is 1.98. The predicted octanol–water partition coefficient (Wildman–Crippen LogP) is 3.63. The standard InChI is InChI=1S/C15H17N3O3/c1-2-3-11-4-6-14(7-5-11)21-15-9-12(17-16)8-13(10-15)18(19)20/h4-10,17H,2-3,16H2,1H3. The van der Waals surface area contributed by atoms with Crippen molar-refractivity contribution in [3.8, 4) is 11.5 Å². The van der Waals surface area contributed by atoms with Gasteiger partial charge in [0.15, 0.2) is 0 Å². The molecule has 0 amide bonds. The second kappa shape index (κ2) is 6.71. The molecular weight excluding hydrogens is 270 g/mol. The topological polar surface area (TPSA) is 90.4 Å². The zero-order chi connectivity index (χ0) is 15.2. The van der Waals surface area contributed by atoms with Crippen LogP contribution in [0.2, 0.25) is 0 Å². The average molecular weight is 287 g/mol. The lowest BCUT2D eigenvalue weighted by molar-refractivity contribution is -0.384. The highest BCUT2D eigenvalue weighted by Crippen LogP contribution is 2.29. The predicted molar refractivity (Wildman–Crippen MR) is 81.4 cm³/mol. The zero-order valence-corrected chi connectivity index (χ0v) is 11.7. The molecule has 0 bridgehead atoms. The number of anilines is 1. The summed E-state index contributed by atoms with van der Waals surface area (Å²) in [5.74, 6) is 6.29. The van der Waals surface area contributed by atoms with E-state index in [-0.39, 0.29) is 5.69 Å². The van der Waals surface area contributed by atoms with E-state index in [1.54, 1.807) is 6.07 Å². The maximum absolute atomic E-state index is 10.9. The Hall–Kier alpha value is -2.60. The fraction of sp³-hybridized carbons (Fsp3) is 0.200. The summed E-state index contributed by atoms with van der Waals surface area (Å²) in [4.78, 5) is 10.4. The van der Waals surface area contributed by atoms with Crippen molar-refractivity contribution in [1.29, 1.82) is 0 Å². The summed E-state index contributed by atoms with van der Waals surface area (Å²) in [5.41, 5.74) is 3.96. The summed E-state index contributed by atoms with van der Waals surface area (Å²) in [5, 5.41) is 10.9. The third kappa shape index (κ3) is 3.93. The van der Waals surface area contributed by atoms with Gasteiger partial charge in [-0.15, -0.1) is 0 Å². The molecule has 0 fully saturated rings. The second-order valence-corrected chi connectivity index (χ2v) is 4.61. The Bertz CT molecular complexity index is 627. The molecule has 0 aliphatic carbocycles. The second-order valence-electron chi connectivity index (χ2n) is 4.61. The van der Waals surface area contributed by atoms with Crippen molar-refractivity contribution in [1.82, 2.24) is 0 Å². The lowest BCUT2D eigenvalue weighted by Gasteiger charge is -2.08. The summed E-state index contributed by atoms with van der Waals surface area (Å²) in [6.45, 7) is 2.12. The Morgan fingerprint density at radius 3 is 2.48 bits per heavy atom. The molecule has 0 aliphatic rings. The molecular formula is C15H17N3O3. The molecule has 0 saturated carbocycles. The Morgan fingerprint density at radius 2 is 1.90 bits per heavy atom. The normalized spacial score (nSPS) is 10.2. The first kappa shape index (κ1) is 14.8. The van der Waals surface area contributed by atoms with Crippen molar-refractivity contribution in [2.45, 2.75) is 19.8 Å². The molecule has 6 heteroatoms. The maximum Gasteiger partial charge on any atom is 0.275 e. The summed E-state index contributed by atoms with van der Waals surface area (Å²) in [6.07, 6.45) is 2.09. The number of nitrogens with one attached hydrogen (secondary N) is 1. The van der Waals surface area contributed by atoms with Crippen molar-refractivity contribution in [3.05, 3.63) is 58.1 Å². The number of hydrogen-bond donors (Lipinski definition) is 2. The number of nitro benzene ring substituents is 1. The van der Waals surface area contributed by atoms with Crippen molar-refractivity contribution in [2.75, 3.05) is 5.43 Å². The van der Waals surface area contributed by atoms with Gasteiger partial charge >= 0.3 is 0 Å². The van der Waals surface area contributed by atoms with Gasteiger partial charge in [0, 0.05) is 12.1 Å². The summed E-state index contributed by atoms with van der Waals surface area (Å²) < 4.78 is 5.64. The van der Waals surface area contributed by atoms with Gasteiger partial charge in [0.2, 0.25) is 0 Å². The smallest absolute Gasteiger partial charge is 0.275 e. The van der Waals surface area contributed by atoms with E-state index in [1.807, 2.05) is 24.3 Å². The molecule has 0 saturated heterocycles. The van der Waals surface area contributed by atoms with Gasteiger partial charge < -0.3 is 10.2 Å². The highest BCUT2D eigenvalue weighted by molar-refractivity contribution is 5.56.